The summed E-state index contributed by atoms with van der Waals surface area (Å²) in [6.07, 6.45) is 3.74. The Balaban J connectivity index is 1.75. The van der Waals surface area contributed by atoms with E-state index >= 15 is 0 Å². The average Bonchev–Trinajstić information content (AvgIpc) is 3.10. The Labute approximate surface area is 206 Å². The second kappa shape index (κ2) is 8.49. The van der Waals surface area contributed by atoms with E-state index in [1.54, 1.807) is 0 Å². The quantitative estimate of drug-likeness (QED) is 0.358. The number of carboxylic acid groups (broad SMARTS) is 1. The molecule has 0 aliphatic heterocycles. The first-order valence-corrected chi connectivity index (χ1v) is 12.1. The second-order valence-corrected chi connectivity index (χ2v) is 10.6. The summed E-state index contributed by atoms with van der Waals surface area (Å²) in [6.45, 7) is 10.8. The number of benzene rings is 2. The predicted octanol–water partition coefficient (Wildman–Crippen LogP) is 6.88. The number of carbonyl (C=O) groups is 1. The van der Waals surface area contributed by atoms with E-state index in [-0.39, 0.29) is 5.41 Å². The van der Waals surface area contributed by atoms with E-state index in [0.717, 1.165) is 51.4 Å². The fraction of sp³-hybridized carbons (Fsp3) is 0.300. The summed E-state index contributed by atoms with van der Waals surface area (Å²) in [5, 5.41) is 15.8. The highest BCUT2D eigenvalue weighted by Crippen LogP contribution is 2.45. The van der Waals surface area contributed by atoms with Gasteiger partial charge < -0.3 is 5.11 Å². The van der Waals surface area contributed by atoms with Crippen LogP contribution in [0, 0.1) is 25.2 Å². The Hall–Kier alpha value is -3.73. The van der Waals surface area contributed by atoms with Gasteiger partial charge in [-0.15, -0.1) is 0 Å². The summed E-state index contributed by atoms with van der Waals surface area (Å²) in [5.41, 5.74) is 7.96. The molecule has 0 spiro atoms. The lowest BCUT2D eigenvalue weighted by atomic mass is 9.69. The number of fused-ring (bicyclic) bond motifs is 2. The molecule has 4 aromatic rings. The molecule has 0 saturated carbocycles. The zero-order valence-corrected chi connectivity index (χ0v) is 21.0. The minimum absolute atomic E-state index is 0.0243. The number of aromatic nitrogens is 3. The number of allylic oxidation sites excluding steroid dienone is 1. The van der Waals surface area contributed by atoms with Crippen molar-refractivity contribution in [2.24, 2.45) is 11.3 Å². The lowest BCUT2D eigenvalue weighted by molar-refractivity contribution is 0.0696. The Morgan fingerprint density at radius 1 is 1.03 bits per heavy atom. The third-order valence-corrected chi connectivity index (χ3v) is 7.32. The van der Waals surface area contributed by atoms with Crippen LogP contribution in [0.4, 0.5) is 0 Å². The minimum atomic E-state index is -0.891. The minimum Gasteiger partial charge on any atom is -0.478 e. The van der Waals surface area contributed by atoms with Gasteiger partial charge in [0.2, 0.25) is 0 Å². The maximum absolute atomic E-state index is 12.5. The van der Waals surface area contributed by atoms with Gasteiger partial charge in [-0.1, -0.05) is 57.2 Å². The molecule has 2 aromatic heterocycles. The fourth-order valence-corrected chi connectivity index (χ4v) is 5.24. The van der Waals surface area contributed by atoms with Crippen LogP contribution >= 0.6 is 0 Å². The second-order valence-electron chi connectivity index (χ2n) is 10.6. The van der Waals surface area contributed by atoms with Gasteiger partial charge in [-0.3, -0.25) is 0 Å². The van der Waals surface area contributed by atoms with Gasteiger partial charge in [-0.05, 0) is 73.4 Å². The summed E-state index contributed by atoms with van der Waals surface area (Å²) >= 11 is 0. The van der Waals surface area contributed by atoms with Crippen LogP contribution in [0.3, 0.4) is 0 Å². The van der Waals surface area contributed by atoms with Crippen LogP contribution in [0.25, 0.3) is 28.2 Å². The van der Waals surface area contributed by atoms with Crippen LogP contribution in [0.1, 0.15) is 65.8 Å². The van der Waals surface area contributed by atoms with Crippen LogP contribution < -0.4 is 0 Å². The number of rotatable bonds is 3. The van der Waals surface area contributed by atoms with Gasteiger partial charge >= 0.3 is 5.97 Å². The topological polar surface area (TPSA) is 68.0 Å². The molecule has 0 bridgehead atoms. The number of pyridine rings is 1. The zero-order valence-electron chi connectivity index (χ0n) is 21.0. The average molecular weight is 466 g/mol. The van der Waals surface area contributed by atoms with Crippen molar-refractivity contribution in [3.05, 3.63) is 88.4 Å². The summed E-state index contributed by atoms with van der Waals surface area (Å²) < 4.78 is 1.98. The molecule has 178 valence electrons. The summed E-state index contributed by atoms with van der Waals surface area (Å²) in [6, 6.07) is 17.7. The van der Waals surface area contributed by atoms with Crippen molar-refractivity contribution in [3.8, 4) is 5.69 Å². The molecular formula is C30H31N3O2. The highest BCUT2D eigenvalue weighted by Gasteiger charge is 2.35. The SMILES string of the molecule is Cc1nn(-c2ccccc2)c(C)c1/C=C1\CC(C(C)(C)C)Cc2c1nc1ccccc1c2C(=O)O. The zero-order chi connectivity index (χ0) is 24.9. The first kappa shape index (κ1) is 23.0. The number of aryl methyl sites for hydroxylation is 1. The third kappa shape index (κ3) is 4.05. The number of hydrogen-bond acceptors (Lipinski definition) is 3. The number of carboxylic acids is 1. The van der Waals surface area contributed by atoms with Crippen molar-refractivity contribution in [2.75, 3.05) is 0 Å². The normalized spacial score (nSPS) is 17.1. The smallest absolute Gasteiger partial charge is 0.336 e. The standard InChI is InChI=1S/C30H31N3O2/c1-18-24(19(2)33(32-18)22-11-7-6-8-12-22)16-20-15-21(30(3,4)5)17-25-27(29(34)35)23-13-9-10-14-26(23)31-28(20)25/h6-14,16,21H,15,17H2,1-5H3,(H,34,35)/b20-16+. The summed E-state index contributed by atoms with van der Waals surface area (Å²) in [4.78, 5) is 17.5. The monoisotopic (exact) mass is 465 g/mol. The lowest BCUT2D eigenvalue weighted by Gasteiger charge is -2.36. The molecule has 2 aromatic carbocycles. The molecule has 1 unspecified atom stereocenters. The van der Waals surface area contributed by atoms with Gasteiger partial charge in [0, 0.05) is 16.6 Å². The Bertz CT molecular complexity index is 1470. The van der Waals surface area contributed by atoms with E-state index in [9.17, 15) is 9.90 Å². The van der Waals surface area contributed by atoms with E-state index in [1.807, 2.05) is 54.1 Å². The van der Waals surface area contributed by atoms with Gasteiger partial charge in [-0.25, -0.2) is 14.5 Å². The molecule has 5 nitrogen and oxygen atoms in total. The Morgan fingerprint density at radius 3 is 2.40 bits per heavy atom. The van der Waals surface area contributed by atoms with Gasteiger partial charge in [-0.2, -0.15) is 5.10 Å². The molecule has 0 fully saturated rings. The molecule has 35 heavy (non-hydrogen) atoms. The van der Waals surface area contributed by atoms with Crippen molar-refractivity contribution in [1.82, 2.24) is 14.8 Å². The van der Waals surface area contributed by atoms with E-state index in [2.05, 4.69) is 45.9 Å². The number of nitrogens with zero attached hydrogens (tertiary/aromatic N) is 3. The van der Waals surface area contributed by atoms with E-state index in [1.165, 1.54) is 0 Å². The van der Waals surface area contributed by atoms with Crippen LogP contribution in [-0.2, 0) is 6.42 Å². The molecule has 1 atom stereocenters. The Kier molecular flexibility index (Phi) is 5.59. The summed E-state index contributed by atoms with van der Waals surface area (Å²) in [5.74, 6) is -0.592. The maximum atomic E-state index is 12.5. The highest BCUT2D eigenvalue weighted by atomic mass is 16.4. The van der Waals surface area contributed by atoms with Crippen molar-refractivity contribution in [2.45, 2.75) is 47.5 Å². The number of para-hydroxylation sites is 2. The first-order chi connectivity index (χ1) is 16.6. The first-order valence-electron chi connectivity index (χ1n) is 12.1. The van der Waals surface area contributed by atoms with Crippen LogP contribution in [0.2, 0.25) is 0 Å². The molecule has 1 N–H and O–H groups in total. The van der Waals surface area contributed by atoms with Crippen LogP contribution in [0.5, 0.6) is 0 Å². The van der Waals surface area contributed by atoms with Crippen molar-refractivity contribution < 1.29 is 9.90 Å². The Morgan fingerprint density at radius 2 is 1.71 bits per heavy atom. The molecule has 0 radical (unpaired) electrons. The molecule has 5 rings (SSSR count). The fourth-order valence-electron chi connectivity index (χ4n) is 5.24. The molecule has 5 heteroatoms. The third-order valence-electron chi connectivity index (χ3n) is 7.32. The summed E-state index contributed by atoms with van der Waals surface area (Å²) in [7, 11) is 0. The van der Waals surface area contributed by atoms with Gasteiger partial charge in [0.25, 0.3) is 0 Å². The molecule has 2 heterocycles. The van der Waals surface area contributed by atoms with Gasteiger partial charge in [0.05, 0.1) is 28.2 Å². The largest absolute Gasteiger partial charge is 0.478 e. The van der Waals surface area contributed by atoms with E-state index < -0.39 is 5.97 Å². The van der Waals surface area contributed by atoms with E-state index in [4.69, 9.17) is 10.1 Å². The molecule has 0 amide bonds. The van der Waals surface area contributed by atoms with Crippen LogP contribution in [-0.4, -0.2) is 25.8 Å². The molecular weight excluding hydrogens is 434 g/mol. The van der Waals surface area contributed by atoms with Crippen molar-refractivity contribution in [3.63, 3.8) is 0 Å². The van der Waals surface area contributed by atoms with Crippen molar-refractivity contribution in [1.29, 1.82) is 0 Å². The maximum Gasteiger partial charge on any atom is 0.336 e. The number of hydrogen-bond donors (Lipinski definition) is 1. The molecule has 1 aliphatic carbocycles. The van der Waals surface area contributed by atoms with Gasteiger partial charge in [0.1, 0.15) is 0 Å². The highest BCUT2D eigenvalue weighted by molar-refractivity contribution is 6.06. The van der Waals surface area contributed by atoms with Crippen LogP contribution in [0.15, 0.2) is 54.6 Å². The lowest BCUT2D eigenvalue weighted by Crippen LogP contribution is -2.28. The molecule has 0 saturated heterocycles. The molecule has 1 aliphatic rings. The van der Waals surface area contributed by atoms with E-state index in [0.29, 0.717) is 23.3 Å². The van der Waals surface area contributed by atoms with Crippen molar-refractivity contribution >= 4 is 28.5 Å². The predicted molar refractivity (Wildman–Crippen MR) is 141 cm³/mol. The van der Waals surface area contributed by atoms with Gasteiger partial charge in [0.15, 0.2) is 0 Å². The number of aromatic carboxylic acids is 1.